The summed E-state index contributed by atoms with van der Waals surface area (Å²) in [6, 6.07) is 16.0. The Labute approximate surface area is 150 Å². The van der Waals surface area contributed by atoms with E-state index in [9.17, 15) is 4.79 Å². The van der Waals surface area contributed by atoms with Crippen LogP contribution >= 0.6 is 11.6 Å². The molecular weight excluding hydrogens is 338 g/mol. The number of rotatable bonds is 4. The van der Waals surface area contributed by atoms with Gasteiger partial charge in [0.2, 0.25) is 0 Å². The molecule has 25 heavy (non-hydrogen) atoms. The lowest BCUT2D eigenvalue weighted by atomic mass is 10.2. The Kier molecular flexibility index (Phi) is 5.27. The second kappa shape index (κ2) is 7.78. The van der Waals surface area contributed by atoms with Gasteiger partial charge in [-0.3, -0.25) is 0 Å². The van der Waals surface area contributed by atoms with Gasteiger partial charge in [0.1, 0.15) is 17.9 Å². The minimum Gasteiger partial charge on any atom is -0.481 e. The van der Waals surface area contributed by atoms with Gasteiger partial charge in [0.15, 0.2) is 0 Å². The standard InChI is InChI=1S/C20H16ClNO3/c1-22(12-2-3-13-24-18-8-5-16(21)6-9-18)17-7-10-19-15(14-17)4-11-20(23)25-19/h4-11,14H,12-13H2,1H3. The smallest absolute Gasteiger partial charge is 0.336 e. The molecule has 0 radical (unpaired) electrons. The average Bonchev–Trinajstić information content (AvgIpc) is 2.62. The molecule has 1 aromatic heterocycles. The summed E-state index contributed by atoms with van der Waals surface area (Å²) < 4.78 is 10.7. The van der Waals surface area contributed by atoms with E-state index < -0.39 is 0 Å². The van der Waals surface area contributed by atoms with Gasteiger partial charge in [-0.05, 0) is 48.5 Å². The zero-order chi connectivity index (χ0) is 17.6. The number of halogens is 1. The zero-order valence-corrected chi connectivity index (χ0v) is 14.4. The van der Waals surface area contributed by atoms with Gasteiger partial charge in [0.05, 0.1) is 6.54 Å². The molecule has 0 bridgehead atoms. The highest BCUT2D eigenvalue weighted by molar-refractivity contribution is 6.30. The van der Waals surface area contributed by atoms with Crippen molar-refractivity contribution in [1.82, 2.24) is 0 Å². The third-order valence-electron chi connectivity index (χ3n) is 3.61. The molecule has 0 unspecified atom stereocenters. The predicted octanol–water partition coefficient (Wildman–Crippen LogP) is 3.97. The summed E-state index contributed by atoms with van der Waals surface area (Å²) in [5.74, 6) is 6.80. The number of fused-ring (bicyclic) bond motifs is 1. The minimum absolute atomic E-state index is 0.318. The molecule has 4 nitrogen and oxygen atoms in total. The molecule has 0 amide bonds. The third-order valence-corrected chi connectivity index (χ3v) is 3.86. The summed E-state index contributed by atoms with van der Waals surface area (Å²) in [5, 5.41) is 1.55. The van der Waals surface area contributed by atoms with Crippen molar-refractivity contribution in [2.45, 2.75) is 0 Å². The van der Waals surface area contributed by atoms with E-state index in [0.29, 0.717) is 23.8 Å². The second-order valence-electron chi connectivity index (χ2n) is 5.43. The maximum absolute atomic E-state index is 11.2. The predicted molar refractivity (Wildman–Crippen MR) is 100 cm³/mol. The van der Waals surface area contributed by atoms with Crippen molar-refractivity contribution in [1.29, 1.82) is 0 Å². The largest absolute Gasteiger partial charge is 0.481 e. The summed E-state index contributed by atoms with van der Waals surface area (Å²) in [6.07, 6.45) is 0. The third kappa shape index (κ3) is 4.56. The van der Waals surface area contributed by atoms with Crippen LogP contribution in [0.3, 0.4) is 0 Å². The SMILES string of the molecule is CN(CC#CCOc1ccc(Cl)cc1)c1ccc2oc(=O)ccc2c1. The van der Waals surface area contributed by atoms with Crippen LogP contribution in [0.15, 0.2) is 63.8 Å². The summed E-state index contributed by atoms with van der Waals surface area (Å²) >= 11 is 5.82. The first-order chi connectivity index (χ1) is 12.1. The zero-order valence-electron chi connectivity index (χ0n) is 13.7. The van der Waals surface area contributed by atoms with Crippen molar-refractivity contribution in [3.63, 3.8) is 0 Å². The average molecular weight is 354 g/mol. The van der Waals surface area contributed by atoms with Crippen molar-refractivity contribution >= 4 is 28.3 Å². The molecule has 0 fully saturated rings. The van der Waals surface area contributed by atoms with Gasteiger partial charge in [-0.1, -0.05) is 23.4 Å². The molecule has 0 aliphatic carbocycles. The Balaban J connectivity index is 1.57. The highest BCUT2D eigenvalue weighted by atomic mass is 35.5. The Hall–Kier alpha value is -2.90. The molecule has 0 atom stereocenters. The first kappa shape index (κ1) is 16.9. The Morgan fingerprint density at radius 1 is 1.08 bits per heavy atom. The molecule has 3 aromatic rings. The maximum Gasteiger partial charge on any atom is 0.336 e. The number of ether oxygens (including phenoxy) is 1. The van der Waals surface area contributed by atoms with E-state index in [4.69, 9.17) is 20.8 Å². The summed E-state index contributed by atoms with van der Waals surface area (Å²) in [6.45, 7) is 0.880. The van der Waals surface area contributed by atoms with E-state index >= 15 is 0 Å². The second-order valence-corrected chi connectivity index (χ2v) is 5.87. The van der Waals surface area contributed by atoms with Crippen LogP contribution < -0.4 is 15.3 Å². The Morgan fingerprint density at radius 2 is 1.88 bits per heavy atom. The van der Waals surface area contributed by atoms with E-state index in [1.165, 1.54) is 6.07 Å². The van der Waals surface area contributed by atoms with Crippen LogP contribution in [0.2, 0.25) is 5.02 Å². The molecule has 126 valence electrons. The first-order valence-corrected chi connectivity index (χ1v) is 8.09. The number of anilines is 1. The van der Waals surface area contributed by atoms with Crippen LogP contribution in [0, 0.1) is 11.8 Å². The maximum atomic E-state index is 11.2. The van der Waals surface area contributed by atoms with Crippen molar-refractivity contribution < 1.29 is 9.15 Å². The topological polar surface area (TPSA) is 42.7 Å². The lowest BCUT2D eigenvalue weighted by molar-refractivity contribution is 0.370. The van der Waals surface area contributed by atoms with Crippen molar-refractivity contribution in [2.24, 2.45) is 0 Å². The van der Waals surface area contributed by atoms with Crippen molar-refractivity contribution in [3.8, 4) is 17.6 Å². The highest BCUT2D eigenvalue weighted by Gasteiger charge is 2.02. The van der Waals surface area contributed by atoms with Gasteiger partial charge in [0, 0.05) is 29.2 Å². The molecule has 5 heteroatoms. The van der Waals surface area contributed by atoms with Gasteiger partial charge in [-0.25, -0.2) is 4.79 Å². The molecule has 0 N–H and O–H groups in total. The molecule has 0 spiro atoms. The van der Waals surface area contributed by atoms with Crippen LogP contribution in [-0.4, -0.2) is 20.2 Å². The van der Waals surface area contributed by atoms with Gasteiger partial charge in [-0.15, -0.1) is 0 Å². The summed E-state index contributed by atoms with van der Waals surface area (Å²) in [5.41, 5.74) is 1.22. The number of hydrogen-bond donors (Lipinski definition) is 0. The highest BCUT2D eigenvalue weighted by Crippen LogP contribution is 2.20. The van der Waals surface area contributed by atoms with Crippen LogP contribution in [0.1, 0.15) is 0 Å². The van der Waals surface area contributed by atoms with Crippen LogP contribution in [0.25, 0.3) is 11.0 Å². The van der Waals surface area contributed by atoms with Crippen LogP contribution in [0.4, 0.5) is 5.69 Å². The molecular formula is C20H16ClNO3. The molecule has 0 saturated heterocycles. The van der Waals surface area contributed by atoms with E-state index in [1.807, 2.05) is 36.2 Å². The van der Waals surface area contributed by atoms with Crippen LogP contribution in [-0.2, 0) is 0 Å². The van der Waals surface area contributed by atoms with Gasteiger partial charge < -0.3 is 14.1 Å². The lowest BCUT2D eigenvalue weighted by Crippen LogP contribution is -2.17. The number of hydrogen-bond acceptors (Lipinski definition) is 4. The van der Waals surface area contributed by atoms with Gasteiger partial charge in [-0.2, -0.15) is 0 Å². The fourth-order valence-corrected chi connectivity index (χ4v) is 2.39. The summed E-state index contributed by atoms with van der Waals surface area (Å²) in [7, 11) is 1.95. The van der Waals surface area contributed by atoms with Crippen molar-refractivity contribution in [2.75, 3.05) is 25.1 Å². The fraction of sp³-hybridized carbons (Fsp3) is 0.150. The van der Waals surface area contributed by atoms with Gasteiger partial charge >= 0.3 is 5.63 Å². The van der Waals surface area contributed by atoms with Gasteiger partial charge in [0.25, 0.3) is 0 Å². The Bertz CT molecular complexity index is 983. The molecule has 2 aromatic carbocycles. The van der Waals surface area contributed by atoms with E-state index in [-0.39, 0.29) is 5.63 Å². The van der Waals surface area contributed by atoms with E-state index in [2.05, 4.69) is 11.8 Å². The number of nitrogens with zero attached hydrogens (tertiary/aromatic N) is 1. The fourth-order valence-electron chi connectivity index (χ4n) is 2.26. The lowest BCUT2D eigenvalue weighted by Gasteiger charge is -2.16. The Morgan fingerprint density at radius 3 is 2.68 bits per heavy atom. The minimum atomic E-state index is -0.347. The molecule has 0 saturated carbocycles. The summed E-state index contributed by atoms with van der Waals surface area (Å²) in [4.78, 5) is 13.2. The van der Waals surface area contributed by atoms with Crippen molar-refractivity contribution in [3.05, 3.63) is 70.0 Å². The molecule has 0 aliphatic heterocycles. The number of benzene rings is 2. The molecule has 3 rings (SSSR count). The van der Waals surface area contributed by atoms with E-state index in [0.717, 1.165) is 16.8 Å². The van der Waals surface area contributed by atoms with E-state index in [1.54, 1.807) is 24.3 Å². The molecule has 0 aliphatic rings. The first-order valence-electron chi connectivity index (χ1n) is 7.71. The molecule has 1 heterocycles. The normalized spacial score (nSPS) is 10.2. The monoisotopic (exact) mass is 353 g/mol. The van der Waals surface area contributed by atoms with Crippen LogP contribution in [0.5, 0.6) is 5.75 Å². The quantitative estimate of drug-likeness (QED) is 0.526.